The number of halogens is 1. The first kappa shape index (κ1) is 21.8. The summed E-state index contributed by atoms with van der Waals surface area (Å²) in [5, 5.41) is 8.28. The van der Waals surface area contributed by atoms with Crippen LogP contribution < -0.4 is 5.32 Å². The second kappa shape index (κ2) is 9.83. The number of carbonyl (C=O) groups excluding carboxylic acids is 1. The predicted octanol–water partition coefficient (Wildman–Crippen LogP) is 4.84. The summed E-state index contributed by atoms with van der Waals surface area (Å²) >= 11 is 6.28. The van der Waals surface area contributed by atoms with E-state index >= 15 is 0 Å². The number of amides is 1. The van der Waals surface area contributed by atoms with Crippen molar-refractivity contribution in [2.45, 2.75) is 33.2 Å². The fraction of sp³-hybridized carbons (Fsp3) is 0.240. The van der Waals surface area contributed by atoms with E-state index in [1.54, 1.807) is 6.08 Å². The van der Waals surface area contributed by atoms with Gasteiger partial charge in [0, 0.05) is 35.3 Å². The first-order valence-corrected chi connectivity index (χ1v) is 11.1. The van der Waals surface area contributed by atoms with Crippen LogP contribution in [0.1, 0.15) is 34.8 Å². The Hall–Kier alpha value is -3.38. The van der Waals surface area contributed by atoms with E-state index in [9.17, 15) is 4.79 Å². The number of para-hydroxylation sites is 2. The van der Waals surface area contributed by atoms with E-state index in [-0.39, 0.29) is 5.91 Å². The number of aryl methyl sites for hydroxylation is 2. The lowest BCUT2D eigenvalue weighted by Gasteiger charge is -2.06. The fourth-order valence-corrected chi connectivity index (χ4v) is 3.90. The summed E-state index contributed by atoms with van der Waals surface area (Å²) < 4.78 is 1.92. The lowest BCUT2D eigenvalue weighted by atomic mass is 10.1. The molecule has 4 rings (SSSR count). The number of H-pyrrole nitrogens is 1. The zero-order valence-corrected chi connectivity index (χ0v) is 19.0. The van der Waals surface area contributed by atoms with Gasteiger partial charge in [-0.25, -0.2) is 4.98 Å². The Bertz CT molecular complexity index is 1240. The number of hydrogen-bond donors (Lipinski definition) is 2. The van der Waals surface area contributed by atoms with Crippen LogP contribution in [0, 0.1) is 13.8 Å². The molecule has 0 unspecified atom stereocenters. The lowest BCUT2D eigenvalue weighted by Crippen LogP contribution is -2.22. The van der Waals surface area contributed by atoms with E-state index in [0.29, 0.717) is 13.1 Å². The van der Waals surface area contributed by atoms with Gasteiger partial charge in [-0.3, -0.25) is 9.48 Å². The van der Waals surface area contributed by atoms with E-state index in [0.717, 1.165) is 57.2 Å². The number of hydrogen-bond acceptors (Lipinski definition) is 3. The Labute approximate surface area is 192 Å². The lowest BCUT2D eigenvalue weighted by molar-refractivity contribution is -0.116. The number of nitrogens with zero attached hydrogens (tertiary/aromatic N) is 3. The van der Waals surface area contributed by atoms with Crippen LogP contribution in [0.4, 0.5) is 0 Å². The molecule has 4 aromatic rings. The summed E-state index contributed by atoms with van der Waals surface area (Å²) in [5.41, 5.74) is 5.84. The number of carbonyl (C=O) groups is 1. The number of benzene rings is 2. The molecule has 2 heterocycles. The highest BCUT2D eigenvalue weighted by Crippen LogP contribution is 2.20. The van der Waals surface area contributed by atoms with Gasteiger partial charge in [0.2, 0.25) is 5.91 Å². The van der Waals surface area contributed by atoms with Gasteiger partial charge in [-0.05, 0) is 50.1 Å². The fourth-order valence-electron chi connectivity index (χ4n) is 3.70. The largest absolute Gasteiger partial charge is 0.353 e. The Morgan fingerprint density at radius 1 is 1.16 bits per heavy atom. The van der Waals surface area contributed by atoms with Gasteiger partial charge >= 0.3 is 0 Å². The molecule has 7 heteroatoms. The predicted molar refractivity (Wildman–Crippen MR) is 129 cm³/mol. The van der Waals surface area contributed by atoms with Crippen molar-refractivity contribution in [1.82, 2.24) is 25.1 Å². The molecular formula is C25H26ClN5O. The van der Waals surface area contributed by atoms with E-state index in [1.807, 2.05) is 73.1 Å². The van der Waals surface area contributed by atoms with Gasteiger partial charge in [0.15, 0.2) is 0 Å². The molecule has 0 aliphatic carbocycles. The van der Waals surface area contributed by atoms with E-state index < -0.39 is 0 Å². The van der Waals surface area contributed by atoms with E-state index in [4.69, 9.17) is 11.6 Å². The molecule has 0 saturated heterocycles. The van der Waals surface area contributed by atoms with Crippen molar-refractivity contribution >= 4 is 34.6 Å². The number of aromatic amines is 1. The molecular weight excluding hydrogens is 422 g/mol. The molecule has 2 aromatic carbocycles. The molecule has 1 amide bonds. The molecule has 2 N–H and O–H groups in total. The summed E-state index contributed by atoms with van der Waals surface area (Å²) in [6.07, 6.45) is 4.99. The van der Waals surface area contributed by atoms with Gasteiger partial charge in [-0.1, -0.05) is 41.9 Å². The topological polar surface area (TPSA) is 75.6 Å². The summed E-state index contributed by atoms with van der Waals surface area (Å²) in [5.74, 6) is 0.820. The minimum atomic E-state index is -0.118. The van der Waals surface area contributed by atoms with Crippen LogP contribution in [0.15, 0.2) is 54.6 Å². The zero-order chi connectivity index (χ0) is 22.5. The maximum Gasteiger partial charge on any atom is 0.244 e. The molecule has 0 saturated carbocycles. The average Bonchev–Trinajstić information content (AvgIpc) is 3.31. The minimum absolute atomic E-state index is 0.118. The van der Waals surface area contributed by atoms with Crippen LogP contribution in [-0.4, -0.2) is 32.2 Å². The molecule has 32 heavy (non-hydrogen) atoms. The van der Waals surface area contributed by atoms with Crippen LogP contribution in [0.5, 0.6) is 0 Å². The Balaban J connectivity index is 1.30. The highest BCUT2D eigenvalue weighted by molar-refractivity contribution is 6.31. The van der Waals surface area contributed by atoms with E-state index in [2.05, 4.69) is 20.4 Å². The van der Waals surface area contributed by atoms with Gasteiger partial charge in [-0.2, -0.15) is 5.10 Å². The number of imidazole rings is 1. The number of aromatic nitrogens is 4. The standard InChI is InChI=1S/C25H26ClN5O/c1-17-20(18(2)31(30-17)16-19-8-3-4-9-21(19)26)13-14-25(32)27-15-7-12-24-28-22-10-5-6-11-23(22)29-24/h3-6,8-11,13-14H,7,12,15-16H2,1-2H3,(H,27,32)(H,28,29)/b14-13+. The SMILES string of the molecule is Cc1nn(Cc2ccccc2Cl)c(C)c1/C=C/C(=O)NCCCc1nc2ccccc2[nH]1. The Morgan fingerprint density at radius 3 is 2.75 bits per heavy atom. The summed E-state index contributed by atoms with van der Waals surface area (Å²) in [7, 11) is 0. The number of fused-ring (bicyclic) bond motifs is 1. The Kier molecular flexibility index (Phi) is 6.71. The average molecular weight is 448 g/mol. The van der Waals surface area contributed by atoms with Crippen molar-refractivity contribution in [2.24, 2.45) is 0 Å². The molecule has 0 radical (unpaired) electrons. The zero-order valence-electron chi connectivity index (χ0n) is 18.2. The highest BCUT2D eigenvalue weighted by atomic mass is 35.5. The van der Waals surface area contributed by atoms with Crippen molar-refractivity contribution in [3.63, 3.8) is 0 Å². The maximum atomic E-state index is 12.3. The van der Waals surface area contributed by atoms with Crippen molar-refractivity contribution < 1.29 is 4.79 Å². The van der Waals surface area contributed by atoms with Crippen molar-refractivity contribution in [2.75, 3.05) is 6.54 Å². The normalized spacial score (nSPS) is 11.5. The minimum Gasteiger partial charge on any atom is -0.353 e. The molecule has 164 valence electrons. The smallest absolute Gasteiger partial charge is 0.244 e. The van der Waals surface area contributed by atoms with Crippen LogP contribution in [0.2, 0.25) is 5.02 Å². The van der Waals surface area contributed by atoms with Crippen LogP contribution in [0.25, 0.3) is 17.1 Å². The van der Waals surface area contributed by atoms with Gasteiger partial charge in [0.1, 0.15) is 5.82 Å². The van der Waals surface area contributed by atoms with Gasteiger partial charge < -0.3 is 10.3 Å². The van der Waals surface area contributed by atoms with Crippen LogP contribution in [0.3, 0.4) is 0 Å². The molecule has 0 aliphatic heterocycles. The third-order valence-electron chi connectivity index (χ3n) is 5.44. The highest BCUT2D eigenvalue weighted by Gasteiger charge is 2.11. The van der Waals surface area contributed by atoms with Gasteiger partial charge in [0.05, 0.1) is 23.3 Å². The first-order chi connectivity index (χ1) is 15.5. The summed E-state index contributed by atoms with van der Waals surface area (Å²) in [6, 6.07) is 15.7. The monoisotopic (exact) mass is 447 g/mol. The van der Waals surface area contributed by atoms with E-state index in [1.165, 1.54) is 0 Å². The molecule has 0 aliphatic rings. The third-order valence-corrected chi connectivity index (χ3v) is 5.81. The molecule has 0 bridgehead atoms. The van der Waals surface area contributed by atoms with Gasteiger partial charge in [0.25, 0.3) is 0 Å². The second-order valence-corrected chi connectivity index (χ2v) is 8.17. The number of nitrogens with one attached hydrogen (secondary N) is 2. The molecule has 0 atom stereocenters. The quantitative estimate of drug-likeness (QED) is 0.300. The molecule has 0 spiro atoms. The van der Waals surface area contributed by atoms with Crippen molar-refractivity contribution in [1.29, 1.82) is 0 Å². The second-order valence-electron chi connectivity index (χ2n) is 7.76. The maximum absolute atomic E-state index is 12.3. The van der Waals surface area contributed by atoms with Crippen LogP contribution >= 0.6 is 11.6 Å². The number of rotatable bonds is 8. The molecule has 0 fully saturated rings. The first-order valence-electron chi connectivity index (χ1n) is 10.7. The molecule has 6 nitrogen and oxygen atoms in total. The third kappa shape index (κ3) is 5.08. The molecule has 2 aromatic heterocycles. The van der Waals surface area contributed by atoms with Crippen molar-refractivity contribution in [3.8, 4) is 0 Å². The van der Waals surface area contributed by atoms with Crippen molar-refractivity contribution in [3.05, 3.63) is 88.0 Å². The van der Waals surface area contributed by atoms with Gasteiger partial charge in [-0.15, -0.1) is 0 Å². The van der Waals surface area contributed by atoms with Crippen LogP contribution in [-0.2, 0) is 17.8 Å². The summed E-state index contributed by atoms with van der Waals surface area (Å²) in [6.45, 7) is 5.13. The summed E-state index contributed by atoms with van der Waals surface area (Å²) in [4.78, 5) is 20.1. The Morgan fingerprint density at radius 2 is 1.94 bits per heavy atom.